The second-order valence-corrected chi connectivity index (χ2v) is 18.6. The third kappa shape index (κ3) is 8.46. The number of benzene rings is 8. The van der Waals surface area contributed by atoms with E-state index in [1.54, 1.807) is 0 Å². The fourth-order valence-corrected chi connectivity index (χ4v) is 10.9. The van der Waals surface area contributed by atoms with Crippen LogP contribution in [0.3, 0.4) is 0 Å². The second-order valence-electron chi connectivity index (χ2n) is 17.5. The summed E-state index contributed by atoms with van der Waals surface area (Å²) in [6, 6.07) is 75.6. The summed E-state index contributed by atoms with van der Waals surface area (Å²) >= 11 is 1.86. The maximum Gasteiger partial charge on any atom is 0.159 e. The summed E-state index contributed by atoms with van der Waals surface area (Å²) in [4.78, 5) is 10.7. The molecule has 3 aliphatic rings. The number of aliphatic imine (C=N–C) groups is 2. The summed E-state index contributed by atoms with van der Waals surface area (Å²) in [6.07, 6.45) is 4.88. The van der Waals surface area contributed by atoms with E-state index in [0.29, 0.717) is 5.84 Å². The zero-order valence-electron chi connectivity index (χ0n) is 36.8. The van der Waals surface area contributed by atoms with Crippen molar-refractivity contribution in [2.75, 3.05) is 0 Å². The van der Waals surface area contributed by atoms with Gasteiger partial charge in [0, 0.05) is 37.2 Å². The summed E-state index contributed by atoms with van der Waals surface area (Å²) in [5, 5.41) is 18.5. The zero-order valence-corrected chi connectivity index (χ0v) is 37.6. The van der Waals surface area contributed by atoms with Crippen molar-refractivity contribution < 1.29 is 0 Å². The molecule has 0 bridgehead atoms. The number of allylic oxidation sites excluding steroid dienone is 1. The highest BCUT2D eigenvalue weighted by molar-refractivity contribution is 7.25. The quantitative estimate of drug-likeness (QED) is 0.117. The van der Waals surface area contributed by atoms with E-state index < -0.39 is 0 Å². The van der Waals surface area contributed by atoms with Gasteiger partial charge in [-0.2, -0.15) is 0 Å². The Hall–Kier alpha value is -7.52. The Kier molecular flexibility index (Phi) is 11.0. The van der Waals surface area contributed by atoms with Crippen molar-refractivity contribution in [1.82, 2.24) is 21.3 Å². The number of thiophene rings is 1. The standard InChI is InChI=1S/C60H48N6S/c1-5-17-39(18-6-1)43-25-15-27-46(33-43)57-61-55(41-21-9-3-10-22-41)63-59(65-57)49-35-48(45-31-32-52-51-29-13-14-30-53(51)67-54(52)38-45)36-50(37-49)60-64-56(42-23-11-4-12-24-42)62-58(66-60)47-28-16-26-44(34-47)40-19-7-2-8-20-40/h1-35,37-38,50,56-58,60,62,64,66H,36H2,(H,61,63,65). The maximum atomic E-state index is 5.37. The minimum atomic E-state index is -0.363. The van der Waals surface area contributed by atoms with Crippen LogP contribution in [0, 0.1) is 5.92 Å². The molecule has 7 heteroatoms. The summed E-state index contributed by atoms with van der Waals surface area (Å²) in [7, 11) is 0. The molecule has 12 rings (SSSR count). The van der Waals surface area contributed by atoms with Gasteiger partial charge >= 0.3 is 0 Å². The van der Waals surface area contributed by atoms with Gasteiger partial charge in [-0.1, -0.05) is 194 Å². The zero-order chi connectivity index (χ0) is 44.5. The Morgan fingerprint density at radius 3 is 1.73 bits per heavy atom. The Morgan fingerprint density at radius 2 is 1.01 bits per heavy atom. The van der Waals surface area contributed by atoms with Crippen molar-refractivity contribution in [2.45, 2.75) is 31.1 Å². The lowest BCUT2D eigenvalue weighted by Gasteiger charge is -2.43. The molecule has 1 aromatic heterocycles. The fourth-order valence-electron chi connectivity index (χ4n) is 9.80. The normalized spacial score (nSPS) is 20.6. The molecule has 8 aromatic carbocycles. The summed E-state index contributed by atoms with van der Waals surface area (Å²) in [6.45, 7) is 0. The number of hydrogen-bond acceptors (Lipinski definition) is 7. The van der Waals surface area contributed by atoms with E-state index in [-0.39, 0.29) is 30.6 Å². The Balaban J connectivity index is 0.967. The van der Waals surface area contributed by atoms with Crippen LogP contribution in [-0.4, -0.2) is 17.8 Å². The lowest BCUT2D eigenvalue weighted by Crippen LogP contribution is -2.61. The molecule has 1 aliphatic carbocycles. The number of hydrogen-bond donors (Lipinski definition) is 4. The highest BCUT2D eigenvalue weighted by Gasteiger charge is 2.35. The molecule has 0 radical (unpaired) electrons. The molecule has 6 nitrogen and oxygen atoms in total. The Morgan fingerprint density at radius 1 is 0.448 bits per heavy atom. The summed E-state index contributed by atoms with van der Waals surface area (Å²) in [5.41, 5.74) is 12.6. The second kappa shape index (κ2) is 18.0. The molecule has 9 aromatic rings. The molecule has 4 N–H and O–H groups in total. The molecule has 1 fully saturated rings. The third-order valence-corrected chi connectivity index (χ3v) is 14.3. The van der Waals surface area contributed by atoms with Crippen LogP contribution in [0.2, 0.25) is 0 Å². The van der Waals surface area contributed by atoms with Crippen molar-refractivity contribution >= 4 is 48.8 Å². The number of amidine groups is 2. The van der Waals surface area contributed by atoms with E-state index in [0.717, 1.165) is 34.5 Å². The summed E-state index contributed by atoms with van der Waals surface area (Å²) < 4.78 is 2.59. The van der Waals surface area contributed by atoms with Crippen molar-refractivity contribution in [1.29, 1.82) is 0 Å². The molecule has 1 saturated heterocycles. The number of nitrogens with zero attached hydrogens (tertiary/aromatic N) is 2. The first-order valence-electron chi connectivity index (χ1n) is 23.1. The molecule has 324 valence electrons. The van der Waals surface area contributed by atoms with E-state index in [9.17, 15) is 0 Å². The number of fused-ring (bicyclic) bond motifs is 3. The highest BCUT2D eigenvalue weighted by Crippen LogP contribution is 2.40. The van der Waals surface area contributed by atoms with Gasteiger partial charge in [0.05, 0.1) is 18.5 Å². The first-order chi connectivity index (χ1) is 33.1. The van der Waals surface area contributed by atoms with Gasteiger partial charge in [-0.15, -0.1) is 11.3 Å². The Bertz CT molecular complexity index is 3360. The first kappa shape index (κ1) is 40.9. The number of rotatable bonds is 9. The van der Waals surface area contributed by atoms with Crippen LogP contribution < -0.4 is 21.3 Å². The van der Waals surface area contributed by atoms with Crippen LogP contribution in [0.1, 0.15) is 52.7 Å². The molecule has 2 aliphatic heterocycles. The molecule has 5 atom stereocenters. The molecule has 67 heavy (non-hydrogen) atoms. The minimum Gasteiger partial charge on any atom is -0.344 e. The largest absolute Gasteiger partial charge is 0.344 e. The van der Waals surface area contributed by atoms with Gasteiger partial charge in [0.1, 0.15) is 12.0 Å². The van der Waals surface area contributed by atoms with Crippen LogP contribution in [-0.2, 0) is 0 Å². The van der Waals surface area contributed by atoms with E-state index >= 15 is 0 Å². The van der Waals surface area contributed by atoms with Crippen LogP contribution in [0.15, 0.2) is 240 Å². The van der Waals surface area contributed by atoms with Gasteiger partial charge in [-0.3, -0.25) is 16.0 Å². The molecule has 5 unspecified atom stereocenters. The summed E-state index contributed by atoms with van der Waals surface area (Å²) in [5.74, 6) is 1.54. The smallest absolute Gasteiger partial charge is 0.159 e. The average molecular weight is 885 g/mol. The lowest BCUT2D eigenvalue weighted by atomic mass is 9.83. The van der Waals surface area contributed by atoms with Crippen molar-refractivity contribution in [3.8, 4) is 22.3 Å². The van der Waals surface area contributed by atoms with Crippen LogP contribution in [0.25, 0.3) is 48.0 Å². The van der Waals surface area contributed by atoms with Gasteiger partial charge < -0.3 is 5.32 Å². The van der Waals surface area contributed by atoms with Crippen LogP contribution in [0.4, 0.5) is 0 Å². The predicted molar refractivity (Wildman–Crippen MR) is 279 cm³/mol. The van der Waals surface area contributed by atoms with Crippen molar-refractivity contribution in [3.63, 3.8) is 0 Å². The monoisotopic (exact) mass is 884 g/mol. The predicted octanol–water partition coefficient (Wildman–Crippen LogP) is 13.4. The fraction of sp³-hybridized carbons (Fsp3) is 0.100. The van der Waals surface area contributed by atoms with Crippen LogP contribution >= 0.6 is 11.3 Å². The Labute approximate surface area is 395 Å². The molecule has 0 spiro atoms. The third-order valence-electron chi connectivity index (χ3n) is 13.2. The van der Waals surface area contributed by atoms with E-state index in [4.69, 9.17) is 9.98 Å². The van der Waals surface area contributed by atoms with Crippen molar-refractivity contribution in [3.05, 3.63) is 258 Å². The van der Waals surface area contributed by atoms with E-state index in [1.165, 1.54) is 59.1 Å². The van der Waals surface area contributed by atoms with Gasteiger partial charge in [0.2, 0.25) is 0 Å². The molecule has 3 heterocycles. The molecular formula is C60H48N6S. The van der Waals surface area contributed by atoms with Gasteiger partial charge in [0.25, 0.3) is 0 Å². The van der Waals surface area contributed by atoms with Gasteiger partial charge in [-0.25, -0.2) is 9.98 Å². The number of nitrogens with one attached hydrogen (secondary N) is 4. The van der Waals surface area contributed by atoms with Gasteiger partial charge in [-0.05, 0) is 86.8 Å². The lowest BCUT2D eigenvalue weighted by molar-refractivity contribution is 0.171. The molecule has 0 amide bonds. The highest BCUT2D eigenvalue weighted by atomic mass is 32.1. The molecule has 0 saturated carbocycles. The average Bonchev–Trinajstić information content (AvgIpc) is 3.80. The van der Waals surface area contributed by atoms with E-state index in [1.807, 2.05) is 17.4 Å². The first-order valence-corrected chi connectivity index (χ1v) is 23.9. The van der Waals surface area contributed by atoms with E-state index in [2.05, 4.69) is 240 Å². The topological polar surface area (TPSA) is 72.8 Å². The van der Waals surface area contributed by atoms with Gasteiger partial charge in [0.15, 0.2) is 5.84 Å². The van der Waals surface area contributed by atoms with Crippen molar-refractivity contribution in [2.24, 2.45) is 15.9 Å². The SMILES string of the molecule is C1=C(C2=NC(c3ccccc3)=NC(c3cccc(-c4ccccc4)c3)N2)C=C(c2ccc3c(c2)sc2ccccc23)CC1C1NC(c2ccccc2)NC(c2cccc(-c3ccccc3)c2)N1. The maximum absolute atomic E-state index is 5.37. The molecular weight excluding hydrogens is 837 g/mol. The van der Waals surface area contributed by atoms with Crippen LogP contribution in [0.5, 0.6) is 0 Å². The minimum absolute atomic E-state index is 0.0321.